The first-order valence-corrected chi connectivity index (χ1v) is 10.0. The Labute approximate surface area is 189 Å². The third kappa shape index (κ3) is 4.74. The van der Waals surface area contributed by atoms with E-state index >= 15 is 0 Å². The molecule has 10 heteroatoms. The number of carboxylic acids is 1. The summed E-state index contributed by atoms with van der Waals surface area (Å²) in [5.41, 5.74) is 1.38. The molecule has 1 aromatic heterocycles. The number of carbonyl (C=O) groups excluding carboxylic acids is 1. The number of amides is 2. The van der Waals surface area contributed by atoms with Gasteiger partial charge in [0.15, 0.2) is 23.1 Å². The van der Waals surface area contributed by atoms with E-state index in [1.54, 1.807) is 49.6 Å². The third-order valence-corrected chi connectivity index (χ3v) is 4.95. The van der Waals surface area contributed by atoms with E-state index in [1.807, 2.05) is 0 Å². The summed E-state index contributed by atoms with van der Waals surface area (Å²) in [7, 11) is 3.06. The van der Waals surface area contributed by atoms with Crippen molar-refractivity contribution in [3.05, 3.63) is 60.2 Å². The van der Waals surface area contributed by atoms with E-state index in [-0.39, 0.29) is 11.6 Å². The molecule has 4 rings (SSSR count). The largest absolute Gasteiger partial charge is 0.493 e. The summed E-state index contributed by atoms with van der Waals surface area (Å²) in [5, 5.41) is 15.0. The number of hydrogen-bond donors (Lipinski definition) is 3. The molecule has 3 aromatic rings. The quantitative estimate of drug-likeness (QED) is 0.516. The molecule has 0 spiro atoms. The number of fused-ring (bicyclic) bond motifs is 1. The van der Waals surface area contributed by atoms with Crippen molar-refractivity contribution in [2.45, 2.75) is 0 Å². The summed E-state index contributed by atoms with van der Waals surface area (Å²) < 4.78 is 16.2. The molecule has 2 amide bonds. The molecule has 0 saturated heterocycles. The minimum absolute atomic E-state index is 0.186. The molecule has 3 N–H and O–H groups in total. The van der Waals surface area contributed by atoms with Gasteiger partial charge >= 0.3 is 12.0 Å². The summed E-state index contributed by atoms with van der Waals surface area (Å²) in [6, 6.07) is 14.4. The zero-order chi connectivity index (χ0) is 23.4. The van der Waals surface area contributed by atoms with Gasteiger partial charge in [0, 0.05) is 17.4 Å². The molecule has 10 nitrogen and oxygen atoms in total. The number of benzene rings is 2. The number of ether oxygens (including phenoxy) is 3. The highest BCUT2D eigenvalue weighted by Crippen LogP contribution is 2.33. The van der Waals surface area contributed by atoms with Crippen LogP contribution in [0.25, 0.3) is 0 Å². The fourth-order valence-corrected chi connectivity index (χ4v) is 3.31. The molecule has 0 fully saturated rings. The third-order valence-electron chi connectivity index (χ3n) is 4.95. The molecular weight excluding hydrogens is 428 g/mol. The summed E-state index contributed by atoms with van der Waals surface area (Å²) in [5.74, 6) is 1.38. The number of nitrogens with one attached hydrogen (secondary N) is 2. The van der Waals surface area contributed by atoms with E-state index in [9.17, 15) is 9.59 Å². The van der Waals surface area contributed by atoms with Crippen LogP contribution in [0.15, 0.2) is 54.6 Å². The van der Waals surface area contributed by atoms with E-state index in [2.05, 4.69) is 15.6 Å². The van der Waals surface area contributed by atoms with Gasteiger partial charge in [0.1, 0.15) is 12.4 Å². The Morgan fingerprint density at radius 1 is 1.00 bits per heavy atom. The number of aromatic nitrogens is 1. The molecule has 2 heterocycles. The van der Waals surface area contributed by atoms with Gasteiger partial charge in [-0.25, -0.2) is 14.6 Å². The monoisotopic (exact) mass is 450 g/mol. The Balaban J connectivity index is 1.54. The van der Waals surface area contributed by atoms with Crippen LogP contribution in [0.1, 0.15) is 10.4 Å². The number of methoxy groups -OCH3 is 2. The highest BCUT2D eigenvalue weighted by atomic mass is 16.5. The predicted molar refractivity (Wildman–Crippen MR) is 122 cm³/mol. The predicted octanol–water partition coefficient (Wildman–Crippen LogP) is 3.97. The lowest BCUT2D eigenvalue weighted by Crippen LogP contribution is -2.41. The lowest BCUT2D eigenvalue weighted by atomic mass is 10.2. The summed E-state index contributed by atoms with van der Waals surface area (Å²) in [6.45, 7) is 0.646. The average Bonchev–Trinajstić information content (AvgIpc) is 2.83. The second-order valence-corrected chi connectivity index (χ2v) is 7.03. The Hall–Kier alpha value is -4.47. The number of hydrogen-bond acceptors (Lipinski definition) is 7. The zero-order valence-electron chi connectivity index (χ0n) is 18.0. The second-order valence-electron chi connectivity index (χ2n) is 7.03. The van der Waals surface area contributed by atoms with Crippen LogP contribution in [-0.2, 0) is 0 Å². The standard InChI is InChI=1S/C23H22N4O6/c1-31-17-8-7-16(13-19(17)32-2)25-23(30)27-11-12-33-18-9-10-20(26-21(18)27)24-15-5-3-14(4-6-15)22(28)29/h3-10,13H,11-12H2,1-2H3,(H,24,26)(H,25,30)(H,28,29). The van der Waals surface area contributed by atoms with Crippen molar-refractivity contribution >= 4 is 35.0 Å². The van der Waals surface area contributed by atoms with Crippen LogP contribution in [0.3, 0.4) is 0 Å². The number of pyridine rings is 1. The van der Waals surface area contributed by atoms with Crippen LogP contribution in [-0.4, -0.2) is 49.5 Å². The Bertz CT molecular complexity index is 1180. The lowest BCUT2D eigenvalue weighted by molar-refractivity contribution is 0.0697. The molecular formula is C23H22N4O6. The molecule has 0 aliphatic carbocycles. The van der Waals surface area contributed by atoms with Crippen molar-refractivity contribution in [2.75, 3.05) is 42.9 Å². The van der Waals surface area contributed by atoms with E-state index in [0.717, 1.165) is 0 Å². The normalized spacial score (nSPS) is 12.2. The number of carbonyl (C=O) groups is 2. The van der Waals surface area contributed by atoms with Gasteiger partial charge in [-0.05, 0) is 48.5 Å². The number of anilines is 4. The van der Waals surface area contributed by atoms with Crippen molar-refractivity contribution in [3.8, 4) is 17.2 Å². The maximum absolute atomic E-state index is 13.0. The Morgan fingerprint density at radius 2 is 1.73 bits per heavy atom. The van der Waals surface area contributed by atoms with Gasteiger partial charge in [0.25, 0.3) is 0 Å². The SMILES string of the molecule is COc1ccc(NC(=O)N2CCOc3ccc(Nc4ccc(C(=O)O)cc4)nc32)cc1OC. The fraction of sp³-hybridized carbons (Fsp3) is 0.174. The number of aromatic carboxylic acids is 1. The maximum Gasteiger partial charge on any atom is 0.335 e. The van der Waals surface area contributed by atoms with Crippen LogP contribution in [0.4, 0.5) is 27.8 Å². The van der Waals surface area contributed by atoms with E-state index in [1.165, 1.54) is 24.1 Å². The van der Waals surface area contributed by atoms with Crippen molar-refractivity contribution in [1.82, 2.24) is 4.98 Å². The molecule has 2 aromatic carbocycles. The first kappa shape index (κ1) is 21.8. The minimum Gasteiger partial charge on any atom is -0.493 e. The van der Waals surface area contributed by atoms with Crippen LogP contribution in [0, 0.1) is 0 Å². The van der Waals surface area contributed by atoms with Crippen LogP contribution in [0.2, 0.25) is 0 Å². The molecule has 0 bridgehead atoms. The lowest BCUT2D eigenvalue weighted by Gasteiger charge is -2.29. The van der Waals surface area contributed by atoms with Crippen LogP contribution >= 0.6 is 0 Å². The molecule has 0 unspecified atom stereocenters. The minimum atomic E-state index is -0.998. The molecule has 1 aliphatic rings. The topological polar surface area (TPSA) is 122 Å². The van der Waals surface area contributed by atoms with E-state index in [0.29, 0.717) is 53.4 Å². The smallest absolute Gasteiger partial charge is 0.335 e. The van der Waals surface area contributed by atoms with Crippen LogP contribution < -0.4 is 29.7 Å². The molecule has 33 heavy (non-hydrogen) atoms. The summed E-state index contributed by atoms with van der Waals surface area (Å²) in [4.78, 5) is 30.1. The fourth-order valence-electron chi connectivity index (χ4n) is 3.31. The van der Waals surface area contributed by atoms with Gasteiger partial charge in [0.05, 0.1) is 26.3 Å². The molecule has 0 saturated carbocycles. The average molecular weight is 450 g/mol. The van der Waals surface area contributed by atoms with Crippen molar-refractivity contribution in [2.24, 2.45) is 0 Å². The highest BCUT2D eigenvalue weighted by molar-refractivity contribution is 6.02. The van der Waals surface area contributed by atoms with Gasteiger partial charge in [-0.3, -0.25) is 4.90 Å². The first-order valence-electron chi connectivity index (χ1n) is 10.0. The maximum atomic E-state index is 13.0. The van der Waals surface area contributed by atoms with Gasteiger partial charge in [-0.2, -0.15) is 0 Å². The Morgan fingerprint density at radius 3 is 2.42 bits per heavy atom. The Kier molecular flexibility index (Phi) is 6.16. The highest BCUT2D eigenvalue weighted by Gasteiger charge is 2.26. The molecule has 0 radical (unpaired) electrons. The van der Waals surface area contributed by atoms with Crippen molar-refractivity contribution < 1.29 is 28.9 Å². The number of urea groups is 1. The van der Waals surface area contributed by atoms with E-state index in [4.69, 9.17) is 19.3 Å². The molecule has 1 aliphatic heterocycles. The van der Waals surface area contributed by atoms with Crippen molar-refractivity contribution in [1.29, 1.82) is 0 Å². The zero-order valence-corrected chi connectivity index (χ0v) is 18.0. The van der Waals surface area contributed by atoms with Crippen molar-refractivity contribution in [3.63, 3.8) is 0 Å². The number of carboxylic acid groups (broad SMARTS) is 1. The summed E-state index contributed by atoms with van der Waals surface area (Å²) in [6.07, 6.45) is 0. The number of rotatable bonds is 6. The van der Waals surface area contributed by atoms with Crippen LogP contribution in [0.5, 0.6) is 17.2 Å². The van der Waals surface area contributed by atoms with Gasteiger partial charge in [-0.15, -0.1) is 0 Å². The number of nitrogens with zero attached hydrogens (tertiary/aromatic N) is 2. The van der Waals surface area contributed by atoms with Gasteiger partial charge in [-0.1, -0.05) is 0 Å². The molecule has 170 valence electrons. The van der Waals surface area contributed by atoms with Gasteiger partial charge in [0.2, 0.25) is 0 Å². The van der Waals surface area contributed by atoms with E-state index < -0.39 is 5.97 Å². The summed E-state index contributed by atoms with van der Waals surface area (Å²) >= 11 is 0. The van der Waals surface area contributed by atoms with Gasteiger partial charge < -0.3 is 30.0 Å². The first-order chi connectivity index (χ1) is 16.0. The second kappa shape index (κ2) is 9.35. The molecule has 0 atom stereocenters.